The quantitative estimate of drug-likeness (QED) is 0.593. The predicted octanol–water partition coefficient (Wildman–Crippen LogP) is 0.578. The summed E-state index contributed by atoms with van der Waals surface area (Å²) >= 11 is 0. The minimum absolute atomic E-state index is 0.0558. The molecule has 0 spiro atoms. The van der Waals surface area contributed by atoms with Crippen molar-refractivity contribution in [2.45, 2.75) is 38.9 Å². The molecule has 1 aromatic rings. The van der Waals surface area contributed by atoms with Gasteiger partial charge in [-0.05, 0) is 35.1 Å². The highest BCUT2D eigenvalue weighted by atomic mass is 16.3. The zero-order chi connectivity index (χ0) is 15.2. The van der Waals surface area contributed by atoms with E-state index in [9.17, 15) is 19.8 Å². The van der Waals surface area contributed by atoms with Gasteiger partial charge in [0.05, 0.1) is 19.6 Å². The zero-order valence-electron chi connectivity index (χ0n) is 12.0. The van der Waals surface area contributed by atoms with Crippen LogP contribution in [0.2, 0.25) is 0 Å². The van der Waals surface area contributed by atoms with Gasteiger partial charge in [-0.15, -0.1) is 0 Å². The van der Waals surface area contributed by atoms with Crippen molar-refractivity contribution in [2.75, 3.05) is 13.1 Å². The first-order chi connectivity index (χ1) is 10.2. The van der Waals surface area contributed by atoms with Crippen molar-refractivity contribution >= 4 is 12.2 Å². The Morgan fingerprint density at radius 2 is 1.81 bits per heavy atom. The lowest BCUT2D eigenvalue weighted by atomic mass is 9.96. The van der Waals surface area contributed by atoms with E-state index in [1.807, 2.05) is 12.1 Å². The van der Waals surface area contributed by atoms with Crippen LogP contribution < -0.4 is 0 Å². The van der Waals surface area contributed by atoms with Crippen molar-refractivity contribution < 1.29 is 19.8 Å². The van der Waals surface area contributed by atoms with Gasteiger partial charge in [-0.2, -0.15) is 0 Å². The molecule has 2 rings (SSSR count). The van der Waals surface area contributed by atoms with Crippen LogP contribution in [-0.4, -0.2) is 40.4 Å². The predicted molar refractivity (Wildman–Crippen MR) is 77.6 cm³/mol. The molecule has 5 heteroatoms. The van der Waals surface area contributed by atoms with Gasteiger partial charge in [0.2, 0.25) is 5.91 Å². The van der Waals surface area contributed by atoms with Crippen molar-refractivity contribution in [3.05, 3.63) is 34.4 Å². The highest BCUT2D eigenvalue weighted by Gasteiger charge is 2.21. The molecule has 0 atom stereocenters. The summed E-state index contributed by atoms with van der Waals surface area (Å²) < 4.78 is 0. The van der Waals surface area contributed by atoms with Crippen LogP contribution in [0.4, 0.5) is 0 Å². The lowest BCUT2D eigenvalue weighted by molar-refractivity contribution is -0.130. The summed E-state index contributed by atoms with van der Waals surface area (Å²) in [6.07, 6.45) is 3.09. The number of aliphatic hydroxyl groups excluding tert-OH is 2. The van der Waals surface area contributed by atoms with Crippen LogP contribution in [-0.2, 0) is 35.6 Å². The lowest BCUT2D eigenvalue weighted by Gasteiger charge is -2.19. The molecule has 1 aromatic carbocycles. The van der Waals surface area contributed by atoms with Crippen molar-refractivity contribution in [1.82, 2.24) is 4.90 Å². The smallest absolute Gasteiger partial charge is 0.227 e. The van der Waals surface area contributed by atoms with E-state index in [2.05, 4.69) is 0 Å². The zero-order valence-corrected chi connectivity index (χ0v) is 12.0. The van der Waals surface area contributed by atoms with E-state index in [1.54, 1.807) is 4.90 Å². The summed E-state index contributed by atoms with van der Waals surface area (Å²) in [5.41, 5.74) is 3.39. The van der Waals surface area contributed by atoms with Crippen molar-refractivity contribution in [3.8, 4) is 0 Å². The average molecular weight is 291 g/mol. The highest BCUT2D eigenvalue weighted by Crippen LogP contribution is 2.22. The van der Waals surface area contributed by atoms with Crippen LogP contribution in [0, 0.1) is 0 Å². The van der Waals surface area contributed by atoms with Crippen LogP contribution in [0.3, 0.4) is 0 Å². The number of rotatable bonds is 6. The maximum atomic E-state index is 12.3. The number of hydrogen-bond acceptors (Lipinski definition) is 4. The van der Waals surface area contributed by atoms with Crippen LogP contribution in [0.5, 0.6) is 0 Å². The van der Waals surface area contributed by atoms with E-state index >= 15 is 0 Å². The minimum atomic E-state index is -0.138. The molecule has 1 aliphatic heterocycles. The van der Waals surface area contributed by atoms with Crippen LogP contribution in [0.25, 0.3) is 0 Å². The maximum absolute atomic E-state index is 12.3. The average Bonchev–Trinajstić information content (AvgIpc) is 2.65. The Kier molecular flexibility index (Phi) is 5.47. The third-order valence-electron chi connectivity index (χ3n) is 3.96. The van der Waals surface area contributed by atoms with E-state index in [0.717, 1.165) is 29.4 Å². The Hall–Kier alpha value is -1.72. The molecule has 5 nitrogen and oxygen atoms in total. The largest absolute Gasteiger partial charge is 0.392 e. The number of aliphatic hydroxyl groups is 2. The number of aldehydes is 1. The van der Waals surface area contributed by atoms with Gasteiger partial charge in [0.25, 0.3) is 0 Å². The third kappa shape index (κ3) is 3.68. The van der Waals surface area contributed by atoms with Crippen molar-refractivity contribution in [2.24, 2.45) is 0 Å². The molecule has 0 aliphatic carbocycles. The Balaban J connectivity index is 2.17. The molecule has 1 aliphatic rings. The van der Waals surface area contributed by atoms with Gasteiger partial charge in [-0.3, -0.25) is 4.79 Å². The normalized spacial score (nSPS) is 14.8. The molecule has 0 saturated carbocycles. The van der Waals surface area contributed by atoms with Crippen LogP contribution in [0.1, 0.15) is 35.1 Å². The molecule has 1 amide bonds. The summed E-state index contributed by atoms with van der Waals surface area (Å²) in [5, 5.41) is 18.7. The van der Waals surface area contributed by atoms with Gasteiger partial charge in [0.1, 0.15) is 6.29 Å². The van der Waals surface area contributed by atoms with Crippen LogP contribution >= 0.6 is 0 Å². The molecule has 21 heavy (non-hydrogen) atoms. The number of nitrogens with zero attached hydrogens (tertiary/aromatic N) is 1. The molecular weight excluding hydrogens is 270 g/mol. The summed E-state index contributed by atoms with van der Waals surface area (Å²) in [5.74, 6) is 0.0558. The van der Waals surface area contributed by atoms with E-state index in [0.29, 0.717) is 37.9 Å². The van der Waals surface area contributed by atoms with Gasteiger partial charge in [0, 0.05) is 19.5 Å². The lowest BCUT2D eigenvalue weighted by Crippen LogP contribution is -2.33. The van der Waals surface area contributed by atoms with E-state index in [4.69, 9.17) is 0 Å². The van der Waals surface area contributed by atoms with E-state index in [1.165, 1.54) is 0 Å². The Morgan fingerprint density at radius 1 is 1.14 bits per heavy atom. The second kappa shape index (κ2) is 7.33. The molecule has 1 heterocycles. The van der Waals surface area contributed by atoms with Gasteiger partial charge in [-0.1, -0.05) is 12.1 Å². The Morgan fingerprint density at radius 3 is 2.43 bits per heavy atom. The Bertz CT molecular complexity index is 527. The second-order valence-electron chi connectivity index (χ2n) is 5.32. The first-order valence-electron chi connectivity index (χ1n) is 7.26. The SMILES string of the molecule is O=CCCCN1CCc2cc(CO)c(CO)cc2CC1=O. The topological polar surface area (TPSA) is 77.8 Å². The number of hydrogen-bond donors (Lipinski definition) is 2. The molecule has 2 N–H and O–H groups in total. The van der Waals surface area contributed by atoms with Crippen molar-refractivity contribution in [3.63, 3.8) is 0 Å². The van der Waals surface area contributed by atoms with Gasteiger partial charge < -0.3 is 19.9 Å². The summed E-state index contributed by atoms with van der Waals surface area (Å²) in [6, 6.07) is 3.72. The highest BCUT2D eigenvalue weighted by molar-refractivity contribution is 5.80. The number of fused-ring (bicyclic) bond motifs is 1. The second-order valence-corrected chi connectivity index (χ2v) is 5.32. The van der Waals surface area contributed by atoms with E-state index < -0.39 is 0 Å². The van der Waals surface area contributed by atoms with Gasteiger partial charge in [-0.25, -0.2) is 0 Å². The summed E-state index contributed by atoms with van der Waals surface area (Å²) in [7, 11) is 0. The number of carbonyl (C=O) groups is 2. The molecule has 0 saturated heterocycles. The number of benzene rings is 1. The molecule has 114 valence electrons. The number of amides is 1. The first kappa shape index (κ1) is 15.7. The summed E-state index contributed by atoms with van der Waals surface area (Å²) in [6.45, 7) is 0.986. The molecule has 0 unspecified atom stereocenters. The fourth-order valence-corrected chi connectivity index (χ4v) is 2.74. The fraction of sp³-hybridized carbons (Fsp3) is 0.500. The summed E-state index contributed by atoms with van der Waals surface area (Å²) in [4.78, 5) is 24.4. The molecule has 0 radical (unpaired) electrons. The van der Waals surface area contributed by atoms with E-state index in [-0.39, 0.29) is 19.1 Å². The molecule has 0 aromatic heterocycles. The Labute approximate surface area is 124 Å². The maximum Gasteiger partial charge on any atom is 0.227 e. The minimum Gasteiger partial charge on any atom is -0.392 e. The molecule has 0 bridgehead atoms. The standard InChI is InChI=1S/C16H21NO4/c18-6-2-1-4-17-5-3-12-7-14(10-19)15(11-20)8-13(12)9-16(17)21/h6-8,19-20H,1-5,9-11H2. The van der Waals surface area contributed by atoms with Gasteiger partial charge in [0.15, 0.2) is 0 Å². The monoisotopic (exact) mass is 291 g/mol. The van der Waals surface area contributed by atoms with Gasteiger partial charge >= 0.3 is 0 Å². The molecule has 0 fully saturated rings. The third-order valence-corrected chi connectivity index (χ3v) is 3.96. The molecular formula is C16H21NO4. The first-order valence-corrected chi connectivity index (χ1v) is 7.26. The number of unbranched alkanes of at least 4 members (excludes halogenated alkanes) is 1. The van der Waals surface area contributed by atoms with Crippen LogP contribution in [0.15, 0.2) is 12.1 Å². The van der Waals surface area contributed by atoms with Crippen molar-refractivity contribution in [1.29, 1.82) is 0 Å². The fourth-order valence-electron chi connectivity index (χ4n) is 2.74. The number of carbonyl (C=O) groups excluding carboxylic acids is 2.